The molecule has 0 bridgehead atoms. The van der Waals surface area contributed by atoms with Crippen LogP contribution < -0.4 is 5.32 Å². The van der Waals surface area contributed by atoms with Gasteiger partial charge in [-0.3, -0.25) is 0 Å². The van der Waals surface area contributed by atoms with E-state index in [1.807, 2.05) is 18.3 Å². The number of fused-ring (bicyclic) bond motifs is 1. The van der Waals surface area contributed by atoms with Crippen molar-refractivity contribution < 1.29 is 4.74 Å². The Balaban J connectivity index is 1.84. The van der Waals surface area contributed by atoms with Crippen LogP contribution in [0.15, 0.2) is 24.5 Å². The van der Waals surface area contributed by atoms with Crippen LogP contribution >= 0.6 is 11.6 Å². The summed E-state index contributed by atoms with van der Waals surface area (Å²) in [5.74, 6) is 1.35. The second kappa shape index (κ2) is 5.67. The Hall–Kier alpha value is -1.33. The summed E-state index contributed by atoms with van der Waals surface area (Å²) in [4.78, 5) is 4.36. The molecule has 0 aliphatic rings. The van der Waals surface area contributed by atoms with Gasteiger partial charge in [-0.2, -0.15) is 5.10 Å². The first-order valence-electron chi connectivity index (χ1n) is 5.08. The molecule has 2 rings (SSSR count). The second-order valence-corrected chi connectivity index (χ2v) is 3.55. The highest BCUT2D eigenvalue weighted by Gasteiger charge is 1.97. The van der Waals surface area contributed by atoms with Crippen molar-refractivity contribution in [2.24, 2.45) is 0 Å². The molecule has 5 nitrogen and oxygen atoms in total. The number of alkyl halides is 1. The molecule has 6 heteroatoms. The van der Waals surface area contributed by atoms with Crippen molar-refractivity contribution in [1.29, 1.82) is 0 Å². The van der Waals surface area contributed by atoms with Crippen LogP contribution in [0.3, 0.4) is 0 Å². The number of anilines is 1. The Labute approximate surface area is 98.4 Å². The van der Waals surface area contributed by atoms with Crippen molar-refractivity contribution in [2.75, 3.05) is 31.0 Å². The van der Waals surface area contributed by atoms with Gasteiger partial charge in [0.05, 0.1) is 19.4 Å². The van der Waals surface area contributed by atoms with Crippen LogP contribution in [0, 0.1) is 0 Å². The minimum Gasteiger partial charge on any atom is -0.378 e. The molecule has 0 aliphatic heterocycles. The maximum Gasteiger partial charge on any atom is 0.157 e. The smallest absolute Gasteiger partial charge is 0.157 e. The molecule has 0 atom stereocenters. The summed E-state index contributed by atoms with van der Waals surface area (Å²) in [6.07, 6.45) is 3.58. The van der Waals surface area contributed by atoms with Crippen LogP contribution in [0.4, 0.5) is 5.82 Å². The zero-order valence-corrected chi connectivity index (χ0v) is 9.52. The van der Waals surface area contributed by atoms with E-state index in [-0.39, 0.29) is 0 Å². The molecule has 0 saturated heterocycles. The highest BCUT2D eigenvalue weighted by Crippen LogP contribution is 2.04. The molecule has 16 heavy (non-hydrogen) atoms. The minimum atomic E-state index is 0.528. The first-order chi connectivity index (χ1) is 7.90. The van der Waals surface area contributed by atoms with Gasteiger partial charge < -0.3 is 10.1 Å². The van der Waals surface area contributed by atoms with Gasteiger partial charge in [0.1, 0.15) is 5.82 Å². The first kappa shape index (κ1) is 11.2. The van der Waals surface area contributed by atoms with Gasteiger partial charge >= 0.3 is 0 Å². The Morgan fingerprint density at radius 3 is 3.19 bits per heavy atom. The molecular formula is C10H13ClN4O. The average molecular weight is 241 g/mol. The van der Waals surface area contributed by atoms with E-state index in [1.165, 1.54) is 0 Å². The molecular weight excluding hydrogens is 228 g/mol. The molecule has 0 saturated carbocycles. The lowest BCUT2D eigenvalue weighted by Crippen LogP contribution is -2.11. The van der Waals surface area contributed by atoms with Crippen molar-refractivity contribution in [1.82, 2.24) is 14.6 Å². The fourth-order valence-electron chi connectivity index (χ4n) is 1.32. The summed E-state index contributed by atoms with van der Waals surface area (Å²) in [7, 11) is 0. The molecule has 86 valence electrons. The lowest BCUT2D eigenvalue weighted by Gasteiger charge is -2.05. The predicted octanol–water partition coefficient (Wildman–Crippen LogP) is 1.40. The number of aromatic nitrogens is 3. The SMILES string of the molecule is ClCCOCCNc1ccn2nccc2n1. The van der Waals surface area contributed by atoms with Crippen molar-refractivity contribution in [3.8, 4) is 0 Å². The maximum atomic E-state index is 5.48. The fourth-order valence-corrected chi connectivity index (χ4v) is 1.43. The lowest BCUT2D eigenvalue weighted by atomic mass is 10.5. The molecule has 0 aromatic carbocycles. The van der Waals surface area contributed by atoms with Gasteiger partial charge in [-0.15, -0.1) is 11.6 Å². The van der Waals surface area contributed by atoms with E-state index >= 15 is 0 Å². The van der Waals surface area contributed by atoms with E-state index in [0.29, 0.717) is 25.6 Å². The Bertz CT molecular complexity index is 445. The topological polar surface area (TPSA) is 51.5 Å². The van der Waals surface area contributed by atoms with E-state index in [4.69, 9.17) is 16.3 Å². The van der Waals surface area contributed by atoms with Crippen molar-refractivity contribution in [3.05, 3.63) is 24.5 Å². The fraction of sp³-hybridized carbons (Fsp3) is 0.400. The van der Waals surface area contributed by atoms with Crippen LogP contribution in [0.1, 0.15) is 0 Å². The summed E-state index contributed by atoms with van der Waals surface area (Å²) in [6, 6.07) is 3.73. The lowest BCUT2D eigenvalue weighted by molar-refractivity contribution is 0.160. The number of nitrogens with zero attached hydrogens (tertiary/aromatic N) is 3. The largest absolute Gasteiger partial charge is 0.378 e. The molecule has 0 amide bonds. The van der Waals surface area contributed by atoms with Gasteiger partial charge in [0.2, 0.25) is 0 Å². The highest BCUT2D eigenvalue weighted by molar-refractivity contribution is 6.17. The zero-order valence-electron chi connectivity index (χ0n) is 8.77. The number of rotatable bonds is 6. The molecule has 0 radical (unpaired) electrons. The number of hydrogen-bond acceptors (Lipinski definition) is 4. The number of nitrogens with one attached hydrogen (secondary N) is 1. The summed E-state index contributed by atoms with van der Waals surface area (Å²) in [5, 5.41) is 7.23. The molecule has 0 unspecified atom stereocenters. The van der Waals surface area contributed by atoms with Crippen LogP contribution in [0.5, 0.6) is 0 Å². The molecule has 1 N–H and O–H groups in total. The Morgan fingerprint density at radius 1 is 1.38 bits per heavy atom. The molecule has 2 aromatic rings. The Morgan fingerprint density at radius 2 is 2.31 bits per heavy atom. The van der Waals surface area contributed by atoms with Gasteiger partial charge in [0.15, 0.2) is 5.65 Å². The third-order valence-corrected chi connectivity index (χ3v) is 2.19. The predicted molar refractivity (Wildman–Crippen MR) is 63.0 cm³/mol. The molecule has 0 spiro atoms. The van der Waals surface area contributed by atoms with E-state index in [9.17, 15) is 0 Å². The normalized spacial score (nSPS) is 10.8. The number of ether oxygens (including phenoxy) is 1. The van der Waals surface area contributed by atoms with Crippen molar-refractivity contribution in [2.45, 2.75) is 0 Å². The number of halogens is 1. The molecule has 0 aliphatic carbocycles. The summed E-state index contributed by atoms with van der Waals surface area (Å²) >= 11 is 5.48. The Kier molecular flexibility index (Phi) is 3.96. The monoisotopic (exact) mass is 240 g/mol. The summed E-state index contributed by atoms with van der Waals surface area (Å²) in [6.45, 7) is 1.92. The second-order valence-electron chi connectivity index (χ2n) is 3.17. The van der Waals surface area contributed by atoms with E-state index in [0.717, 1.165) is 11.5 Å². The average Bonchev–Trinajstić information content (AvgIpc) is 2.76. The quantitative estimate of drug-likeness (QED) is 0.613. The third kappa shape index (κ3) is 2.84. The summed E-state index contributed by atoms with van der Waals surface area (Å²) in [5.41, 5.74) is 0.826. The van der Waals surface area contributed by atoms with Gasteiger partial charge in [-0.1, -0.05) is 0 Å². The van der Waals surface area contributed by atoms with Crippen LogP contribution in [0.2, 0.25) is 0 Å². The highest BCUT2D eigenvalue weighted by atomic mass is 35.5. The standard InChI is InChI=1S/C10H13ClN4O/c11-3-7-16-8-5-12-9-2-6-15-10(14-9)1-4-13-15/h1-2,4,6H,3,5,7-8H2,(H,12,14). The van der Waals surface area contributed by atoms with E-state index in [2.05, 4.69) is 15.4 Å². The van der Waals surface area contributed by atoms with Gasteiger partial charge in [-0.05, 0) is 6.07 Å². The van der Waals surface area contributed by atoms with E-state index < -0.39 is 0 Å². The van der Waals surface area contributed by atoms with Gasteiger partial charge in [0.25, 0.3) is 0 Å². The van der Waals surface area contributed by atoms with Crippen LogP contribution in [0.25, 0.3) is 5.65 Å². The molecule has 0 fully saturated rings. The summed E-state index contributed by atoms with van der Waals surface area (Å²) < 4.78 is 6.95. The van der Waals surface area contributed by atoms with Crippen LogP contribution in [-0.4, -0.2) is 40.2 Å². The van der Waals surface area contributed by atoms with Crippen molar-refractivity contribution in [3.63, 3.8) is 0 Å². The third-order valence-electron chi connectivity index (χ3n) is 2.03. The maximum absolute atomic E-state index is 5.48. The zero-order chi connectivity index (χ0) is 11.2. The van der Waals surface area contributed by atoms with E-state index in [1.54, 1.807) is 10.7 Å². The van der Waals surface area contributed by atoms with Gasteiger partial charge in [-0.25, -0.2) is 9.50 Å². The van der Waals surface area contributed by atoms with Crippen molar-refractivity contribution >= 4 is 23.1 Å². The van der Waals surface area contributed by atoms with Crippen LogP contribution in [-0.2, 0) is 4.74 Å². The molecule has 2 aromatic heterocycles. The minimum absolute atomic E-state index is 0.528. The van der Waals surface area contributed by atoms with Gasteiger partial charge in [0, 0.05) is 24.7 Å². The molecule has 2 heterocycles. The first-order valence-corrected chi connectivity index (χ1v) is 5.61. The number of hydrogen-bond donors (Lipinski definition) is 1.